The van der Waals surface area contributed by atoms with Crippen LogP contribution in [0, 0.1) is 0 Å². The van der Waals surface area contributed by atoms with Crippen molar-refractivity contribution in [2.75, 3.05) is 0 Å². The molecule has 25 heavy (non-hydrogen) atoms. The Morgan fingerprint density at radius 1 is 1.12 bits per heavy atom. The van der Waals surface area contributed by atoms with Crippen LogP contribution in [0.15, 0.2) is 52.9 Å². The molecule has 0 N–H and O–H groups in total. The lowest BCUT2D eigenvalue weighted by molar-refractivity contribution is 0.0337. The number of esters is 1. The molecule has 0 amide bonds. The van der Waals surface area contributed by atoms with Crippen LogP contribution < -0.4 is 4.74 Å². The molecule has 3 rings (SSSR count). The van der Waals surface area contributed by atoms with E-state index in [9.17, 15) is 9.59 Å². The van der Waals surface area contributed by atoms with Crippen molar-refractivity contribution in [3.05, 3.63) is 65.6 Å². The van der Waals surface area contributed by atoms with E-state index in [0.717, 1.165) is 17.1 Å². The molecule has 0 radical (unpaired) electrons. The van der Waals surface area contributed by atoms with Crippen molar-refractivity contribution in [1.29, 1.82) is 0 Å². The summed E-state index contributed by atoms with van der Waals surface area (Å²) in [5, 5.41) is 1.80. The van der Waals surface area contributed by atoms with Crippen molar-refractivity contribution < 1.29 is 23.5 Å². The van der Waals surface area contributed by atoms with Gasteiger partial charge < -0.3 is 13.9 Å². The zero-order valence-electron chi connectivity index (χ0n) is 14.0. The Morgan fingerprint density at radius 3 is 2.68 bits per heavy atom. The maximum atomic E-state index is 11.8. The van der Waals surface area contributed by atoms with Crippen molar-refractivity contribution >= 4 is 23.0 Å². The van der Waals surface area contributed by atoms with Crippen LogP contribution in [0.25, 0.3) is 10.8 Å². The predicted octanol–water partition coefficient (Wildman–Crippen LogP) is 4.39. The Bertz CT molecular complexity index is 907. The molecule has 0 saturated heterocycles. The van der Waals surface area contributed by atoms with Gasteiger partial charge in [-0.15, -0.1) is 0 Å². The van der Waals surface area contributed by atoms with Gasteiger partial charge in [0.1, 0.15) is 18.1 Å². The molecule has 0 spiro atoms. The first kappa shape index (κ1) is 16.8. The number of carbonyl (C=O) groups is 2. The van der Waals surface area contributed by atoms with Gasteiger partial charge in [-0.2, -0.15) is 0 Å². The standard InChI is InChI=1S/C20H18O5/c1-13(2)24-20(22)19-10-8-15(25-19)12-23-18-9-7-14-5-3-4-6-16(14)17(18)11-21/h3-11,13H,12H2,1-2H3. The quantitative estimate of drug-likeness (QED) is 0.492. The van der Waals surface area contributed by atoms with E-state index in [1.807, 2.05) is 30.3 Å². The topological polar surface area (TPSA) is 65.7 Å². The smallest absolute Gasteiger partial charge is 0.374 e. The van der Waals surface area contributed by atoms with Gasteiger partial charge in [-0.25, -0.2) is 4.79 Å². The number of aldehydes is 1. The number of fused-ring (bicyclic) bond motifs is 1. The Kier molecular flexibility index (Phi) is 4.84. The van der Waals surface area contributed by atoms with Crippen LogP contribution in [-0.4, -0.2) is 18.4 Å². The van der Waals surface area contributed by atoms with Gasteiger partial charge in [0, 0.05) is 0 Å². The van der Waals surface area contributed by atoms with Gasteiger partial charge in [-0.1, -0.05) is 30.3 Å². The van der Waals surface area contributed by atoms with Crippen molar-refractivity contribution in [3.63, 3.8) is 0 Å². The second kappa shape index (κ2) is 7.21. The van der Waals surface area contributed by atoms with Gasteiger partial charge in [0.15, 0.2) is 6.29 Å². The maximum absolute atomic E-state index is 11.8. The number of hydrogen-bond donors (Lipinski definition) is 0. The number of benzene rings is 2. The van der Waals surface area contributed by atoms with Crippen LogP contribution in [0.3, 0.4) is 0 Å². The molecular weight excluding hydrogens is 320 g/mol. The molecule has 0 atom stereocenters. The summed E-state index contributed by atoms with van der Waals surface area (Å²) < 4.78 is 16.2. The highest BCUT2D eigenvalue weighted by molar-refractivity contribution is 6.00. The van der Waals surface area contributed by atoms with E-state index < -0.39 is 5.97 Å². The van der Waals surface area contributed by atoms with Crippen LogP contribution >= 0.6 is 0 Å². The lowest BCUT2D eigenvalue weighted by Gasteiger charge is -2.09. The SMILES string of the molecule is CC(C)OC(=O)c1ccc(COc2ccc3ccccc3c2C=O)o1. The van der Waals surface area contributed by atoms with Gasteiger partial charge in [-0.05, 0) is 42.8 Å². The number of furan rings is 1. The average molecular weight is 338 g/mol. The molecule has 0 aliphatic carbocycles. The van der Waals surface area contributed by atoms with Crippen molar-refractivity contribution in [2.45, 2.75) is 26.6 Å². The van der Waals surface area contributed by atoms with E-state index in [1.54, 1.807) is 32.0 Å². The van der Waals surface area contributed by atoms with Crippen molar-refractivity contribution in [1.82, 2.24) is 0 Å². The Balaban J connectivity index is 1.76. The number of rotatable bonds is 6. The molecule has 2 aromatic carbocycles. The molecule has 1 aromatic heterocycles. The predicted molar refractivity (Wildman–Crippen MR) is 92.9 cm³/mol. The molecule has 0 bridgehead atoms. The highest BCUT2D eigenvalue weighted by Gasteiger charge is 2.15. The molecule has 0 fully saturated rings. The minimum absolute atomic E-state index is 0.105. The lowest BCUT2D eigenvalue weighted by atomic mass is 10.0. The van der Waals surface area contributed by atoms with Crippen LogP contribution in [0.1, 0.15) is 40.5 Å². The summed E-state index contributed by atoms with van der Waals surface area (Å²) in [6, 6.07) is 14.4. The number of carbonyl (C=O) groups excluding carboxylic acids is 2. The minimum Gasteiger partial charge on any atom is -0.485 e. The molecule has 3 aromatic rings. The fourth-order valence-electron chi connectivity index (χ4n) is 2.51. The second-order valence-electron chi connectivity index (χ2n) is 5.83. The fourth-order valence-corrected chi connectivity index (χ4v) is 2.51. The lowest BCUT2D eigenvalue weighted by Crippen LogP contribution is -2.10. The average Bonchev–Trinajstić information content (AvgIpc) is 3.08. The van der Waals surface area contributed by atoms with E-state index in [0.29, 0.717) is 17.1 Å². The fraction of sp³-hybridized carbons (Fsp3) is 0.200. The Morgan fingerprint density at radius 2 is 1.92 bits per heavy atom. The summed E-state index contributed by atoms with van der Waals surface area (Å²) in [6.45, 7) is 3.64. The van der Waals surface area contributed by atoms with Gasteiger partial charge >= 0.3 is 5.97 Å². The van der Waals surface area contributed by atoms with Crippen LogP contribution in [0.4, 0.5) is 0 Å². The van der Waals surface area contributed by atoms with E-state index in [2.05, 4.69) is 0 Å². The minimum atomic E-state index is -0.513. The largest absolute Gasteiger partial charge is 0.485 e. The highest BCUT2D eigenvalue weighted by atomic mass is 16.6. The monoisotopic (exact) mass is 338 g/mol. The van der Waals surface area contributed by atoms with E-state index >= 15 is 0 Å². The third kappa shape index (κ3) is 3.71. The van der Waals surface area contributed by atoms with Crippen molar-refractivity contribution in [3.8, 4) is 5.75 Å². The first-order chi connectivity index (χ1) is 12.1. The van der Waals surface area contributed by atoms with Crippen LogP contribution in [0.2, 0.25) is 0 Å². The second-order valence-corrected chi connectivity index (χ2v) is 5.83. The summed E-state index contributed by atoms with van der Waals surface area (Å²) >= 11 is 0. The first-order valence-corrected chi connectivity index (χ1v) is 7.98. The summed E-state index contributed by atoms with van der Waals surface area (Å²) in [7, 11) is 0. The van der Waals surface area contributed by atoms with Gasteiger partial charge in [0.2, 0.25) is 5.76 Å². The third-order valence-corrected chi connectivity index (χ3v) is 3.62. The van der Waals surface area contributed by atoms with Gasteiger partial charge in [0.05, 0.1) is 11.7 Å². The third-order valence-electron chi connectivity index (χ3n) is 3.62. The Labute approximate surface area is 145 Å². The number of ether oxygens (including phenoxy) is 2. The summed E-state index contributed by atoms with van der Waals surface area (Å²) in [5.41, 5.74) is 0.490. The molecule has 5 heteroatoms. The maximum Gasteiger partial charge on any atom is 0.374 e. The number of hydrogen-bond acceptors (Lipinski definition) is 5. The zero-order valence-corrected chi connectivity index (χ0v) is 14.0. The zero-order chi connectivity index (χ0) is 17.8. The first-order valence-electron chi connectivity index (χ1n) is 7.98. The molecule has 0 unspecified atom stereocenters. The van der Waals surface area contributed by atoms with Crippen LogP contribution in [-0.2, 0) is 11.3 Å². The van der Waals surface area contributed by atoms with Gasteiger partial charge in [0.25, 0.3) is 0 Å². The summed E-state index contributed by atoms with van der Waals surface area (Å²) in [4.78, 5) is 23.3. The van der Waals surface area contributed by atoms with Gasteiger partial charge in [-0.3, -0.25) is 4.79 Å². The molecule has 0 aliphatic rings. The normalized spacial score (nSPS) is 10.8. The molecule has 128 valence electrons. The molecule has 5 nitrogen and oxygen atoms in total. The Hall–Kier alpha value is -3.08. The van der Waals surface area contributed by atoms with Crippen LogP contribution in [0.5, 0.6) is 5.75 Å². The molecule has 0 aliphatic heterocycles. The van der Waals surface area contributed by atoms with E-state index in [1.165, 1.54) is 0 Å². The summed E-state index contributed by atoms with van der Waals surface area (Å²) in [6.07, 6.45) is 0.565. The molecular formula is C20H18O5. The molecule has 0 saturated carbocycles. The summed E-state index contributed by atoms with van der Waals surface area (Å²) in [5.74, 6) is 0.555. The van der Waals surface area contributed by atoms with Crippen molar-refractivity contribution in [2.24, 2.45) is 0 Å². The highest BCUT2D eigenvalue weighted by Crippen LogP contribution is 2.27. The van der Waals surface area contributed by atoms with E-state index in [4.69, 9.17) is 13.9 Å². The van der Waals surface area contributed by atoms with E-state index in [-0.39, 0.29) is 18.5 Å². The molecule has 1 heterocycles.